The molecule has 14 heavy (non-hydrogen) atoms. The fourth-order valence-corrected chi connectivity index (χ4v) is 2.83. The van der Waals surface area contributed by atoms with E-state index in [0.29, 0.717) is 0 Å². The molecule has 0 saturated heterocycles. The summed E-state index contributed by atoms with van der Waals surface area (Å²) in [6, 6.07) is 8.42. The van der Waals surface area contributed by atoms with E-state index in [1.807, 2.05) is 11.8 Å². The number of rotatable bonds is 0. The second-order valence-corrected chi connectivity index (χ2v) is 4.76. The number of aryl methyl sites for hydroxylation is 2. The lowest BCUT2D eigenvalue weighted by Crippen LogP contribution is -2.02. The Labute approximate surface area is 87.3 Å². The first kappa shape index (κ1) is 8.36. The van der Waals surface area contributed by atoms with Crippen molar-refractivity contribution in [1.82, 2.24) is 9.55 Å². The number of fused-ring (bicyclic) bond motifs is 3. The molecular weight excluding hydrogens is 192 g/mol. The maximum absolute atomic E-state index is 4.66. The fourth-order valence-electron chi connectivity index (χ4n) is 1.99. The van der Waals surface area contributed by atoms with Gasteiger partial charge in [0.05, 0.1) is 11.0 Å². The zero-order valence-corrected chi connectivity index (χ0v) is 8.76. The van der Waals surface area contributed by atoms with Gasteiger partial charge < -0.3 is 4.57 Å². The lowest BCUT2D eigenvalue weighted by atomic mass is 10.3. The Balaban J connectivity index is 2.24. The SMILES string of the molecule is c1ccc2c(c1)nc1n2CCSCC1. The highest BCUT2D eigenvalue weighted by molar-refractivity contribution is 7.99. The standard InChI is InChI=1S/C11H12N2S/c1-2-4-10-9(3-1)12-11-5-7-14-8-6-13(10)11/h1-4H,5-8H2. The normalized spacial score (nSPS) is 16.6. The summed E-state index contributed by atoms with van der Waals surface area (Å²) >= 11 is 2.02. The molecule has 0 atom stereocenters. The lowest BCUT2D eigenvalue weighted by Gasteiger charge is -2.02. The molecule has 0 amide bonds. The van der Waals surface area contributed by atoms with E-state index in [1.54, 1.807) is 0 Å². The molecule has 0 radical (unpaired) electrons. The third kappa shape index (κ3) is 1.23. The number of thioether (sulfide) groups is 1. The van der Waals surface area contributed by atoms with E-state index in [4.69, 9.17) is 0 Å². The highest BCUT2D eigenvalue weighted by Gasteiger charge is 2.12. The fraction of sp³-hybridized carbons (Fsp3) is 0.364. The largest absolute Gasteiger partial charge is 0.327 e. The van der Waals surface area contributed by atoms with Crippen molar-refractivity contribution in [1.29, 1.82) is 0 Å². The van der Waals surface area contributed by atoms with Crippen LogP contribution >= 0.6 is 11.8 Å². The van der Waals surface area contributed by atoms with Gasteiger partial charge in [0.1, 0.15) is 5.82 Å². The molecule has 3 heteroatoms. The average molecular weight is 204 g/mol. The van der Waals surface area contributed by atoms with E-state index in [2.05, 4.69) is 33.8 Å². The number of hydrogen-bond acceptors (Lipinski definition) is 2. The Morgan fingerprint density at radius 3 is 3.14 bits per heavy atom. The Kier molecular flexibility index (Phi) is 1.98. The second-order valence-electron chi connectivity index (χ2n) is 3.53. The maximum atomic E-state index is 4.66. The van der Waals surface area contributed by atoms with Crippen molar-refractivity contribution >= 4 is 22.8 Å². The molecule has 3 rings (SSSR count). The number of imidazole rings is 1. The van der Waals surface area contributed by atoms with E-state index in [-0.39, 0.29) is 0 Å². The second kappa shape index (κ2) is 3.31. The minimum Gasteiger partial charge on any atom is -0.327 e. The van der Waals surface area contributed by atoms with Crippen molar-refractivity contribution in [3.63, 3.8) is 0 Å². The van der Waals surface area contributed by atoms with Gasteiger partial charge in [-0.2, -0.15) is 11.8 Å². The van der Waals surface area contributed by atoms with Gasteiger partial charge >= 0.3 is 0 Å². The molecule has 0 bridgehead atoms. The van der Waals surface area contributed by atoms with Crippen LogP contribution in [0.1, 0.15) is 5.82 Å². The molecule has 1 aromatic carbocycles. The molecule has 2 nitrogen and oxygen atoms in total. The Morgan fingerprint density at radius 1 is 1.21 bits per heavy atom. The van der Waals surface area contributed by atoms with Crippen LogP contribution in [-0.4, -0.2) is 21.1 Å². The van der Waals surface area contributed by atoms with E-state index in [1.165, 1.54) is 22.8 Å². The van der Waals surface area contributed by atoms with Gasteiger partial charge in [-0.1, -0.05) is 12.1 Å². The zero-order valence-electron chi connectivity index (χ0n) is 7.94. The van der Waals surface area contributed by atoms with Crippen molar-refractivity contribution in [3.05, 3.63) is 30.1 Å². The first-order valence-electron chi connectivity index (χ1n) is 4.97. The van der Waals surface area contributed by atoms with E-state index in [9.17, 15) is 0 Å². The van der Waals surface area contributed by atoms with Crippen LogP contribution in [0.25, 0.3) is 11.0 Å². The molecule has 0 N–H and O–H groups in total. The number of aromatic nitrogens is 2. The summed E-state index contributed by atoms with van der Waals surface area (Å²) in [6.45, 7) is 1.11. The highest BCUT2D eigenvalue weighted by Crippen LogP contribution is 2.20. The molecule has 0 spiro atoms. The smallest absolute Gasteiger partial charge is 0.110 e. The van der Waals surface area contributed by atoms with Gasteiger partial charge in [-0.05, 0) is 12.1 Å². The van der Waals surface area contributed by atoms with Crippen LogP contribution in [0.2, 0.25) is 0 Å². The summed E-state index contributed by atoms with van der Waals surface area (Å²) in [5.74, 6) is 3.69. The number of benzene rings is 1. The number of para-hydroxylation sites is 2. The predicted molar refractivity (Wildman–Crippen MR) is 60.8 cm³/mol. The number of nitrogens with zero attached hydrogens (tertiary/aromatic N) is 2. The van der Waals surface area contributed by atoms with Crippen molar-refractivity contribution in [2.75, 3.05) is 11.5 Å². The summed E-state index contributed by atoms with van der Waals surface area (Å²) in [7, 11) is 0. The van der Waals surface area contributed by atoms with Crippen LogP contribution in [0.5, 0.6) is 0 Å². The highest BCUT2D eigenvalue weighted by atomic mass is 32.2. The molecule has 0 aliphatic carbocycles. The minimum absolute atomic E-state index is 1.11. The lowest BCUT2D eigenvalue weighted by molar-refractivity contribution is 0.747. The number of hydrogen-bond donors (Lipinski definition) is 0. The molecular formula is C11H12N2S. The molecule has 1 aliphatic rings. The molecule has 1 aliphatic heterocycles. The van der Waals surface area contributed by atoms with Crippen LogP contribution in [-0.2, 0) is 13.0 Å². The first-order valence-corrected chi connectivity index (χ1v) is 6.12. The van der Waals surface area contributed by atoms with Gasteiger partial charge in [0.15, 0.2) is 0 Å². The summed E-state index contributed by atoms with van der Waals surface area (Å²) in [4.78, 5) is 4.66. The third-order valence-corrected chi connectivity index (χ3v) is 3.63. The predicted octanol–water partition coefficient (Wildman–Crippen LogP) is 2.33. The third-order valence-electron chi connectivity index (χ3n) is 2.66. The topological polar surface area (TPSA) is 17.8 Å². The first-order chi connectivity index (χ1) is 6.95. The van der Waals surface area contributed by atoms with Gasteiger partial charge in [-0.25, -0.2) is 4.98 Å². The quantitative estimate of drug-likeness (QED) is 0.655. The van der Waals surface area contributed by atoms with E-state index in [0.717, 1.165) is 18.5 Å². The van der Waals surface area contributed by atoms with Crippen LogP contribution in [0.3, 0.4) is 0 Å². The molecule has 1 aromatic heterocycles. The van der Waals surface area contributed by atoms with Gasteiger partial charge in [-0.3, -0.25) is 0 Å². The summed E-state index contributed by atoms with van der Waals surface area (Å²) in [6.07, 6.45) is 1.11. The van der Waals surface area contributed by atoms with Crippen molar-refractivity contribution in [2.24, 2.45) is 0 Å². The molecule has 0 unspecified atom stereocenters. The van der Waals surface area contributed by atoms with Crippen LogP contribution in [0, 0.1) is 0 Å². The Morgan fingerprint density at radius 2 is 2.14 bits per heavy atom. The molecule has 2 heterocycles. The van der Waals surface area contributed by atoms with E-state index >= 15 is 0 Å². The molecule has 0 fully saturated rings. The van der Waals surface area contributed by atoms with Gasteiger partial charge in [-0.15, -0.1) is 0 Å². The van der Waals surface area contributed by atoms with Crippen LogP contribution < -0.4 is 0 Å². The van der Waals surface area contributed by atoms with Gasteiger partial charge in [0.25, 0.3) is 0 Å². The monoisotopic (exact) mass is 204 g/mol. The average Bonchev–Trinajstić information content (AvgIpc) is 2.42. The molecule has 0 saturated carbocycles. The summed E-state index contributed by atoms with van der Waals surface area (Å²) < 4.78 is 2.37. The summed E-state index contributed by atoms with van der Waals surface area (Å²) in [5, 5.41) is 0. The summed E-state index contributed by atoms with van der Waals surface area (Å²) in [5.41, 5.74) is 2.44. The van der Waals surface area contributed by atoms with Crippen molar-refractivity contribution in [3.8, 4) is 0 Å². The van der Waals surface area contributed by atoms with Gasteiger partial charge in [0, 0.05) is 24.5 Å². The van der Waals surface area contributed by atoms with Gasteiger partial charge in [0.2, 0.25) is 0 Å². The Bertz CT molecular complexity index is 461. The minimum atomic E-state index is 1.11. The van der Waals surface area contributed by atoms with E-state index < -0.39 is 0 Å². The van der Waals surface area contributed by atoms with Crippen molar-refractivity contribution in [2.45, 2.75) is 13.0 Å². The zero-order chi connectivity index (χ0) is 9.38. The molecule has 72 valence electrons. The van der Waals surface area contributed by atoms with Crippen molar-refractivity contribution < 1.29 is 0 Å². The van der Waals surface area contributed by atoms with Crippen LogP contribution in [0.4, 0.5) is 0 Å². The Hall–Kier alpha value is -0.960. The molecule has 2 aromatic rings. The maximum Gasteiger partial charge on any atom is 0.110 e. The van der Waals surface area contributed by atoms with Crippen LogP contribution in [0.15, 0.2) is 24.3 Å².